The van der Waals surface area contributed by atoms with Gasteiger partial charge in [0, 0.05) is 66.3 Å². The van der Waals surface area contributed by atoms with Gasteiger partial charge in [0.25, 0.3) is 11.8 Å². The van der Waals surface area contributed by atoms with E-state index in [9.17, 15) is 9.59 Å². The molecule has 2 aliphatic heterocycles. The van der Waals surface area contributed by atoms with Crippen LogP contribution in [-0.4, -0.2) is 62.7 Å². The first-order valence-electron chi connectivity index (χ1n) is 12.8. The first kappa shape index (κ1) is 26.5. The number of carbonyl (C=O) groups is 2. The topological polar surface area (TPSA) is 73.9 Å². The number of benzene rings is 3. The molecule has 0 aliphatic carbocycles. The van der Waals surface area contributed by atoms with E-state index in [1.165, 1.54) is 11.1 Å². The monoisotopic (exact) mass is 552 g/mol. The second-order valence-electron chi connectivity index (χ2n) is 9.49. The smallest absolute Gasteiger partial charge is 0.255 e. The van der Waals surface area contributed by atoms with E-state index in [1.54, 1.807) is 24.3 Å². The molecule has 5 rings (SSSR count). The molecule has 3 aromatic carbocycles. The number of nitrogens with zero attached hydrogens (tertiary/aromatic N) is 2. The molecule has 2 N–H and O–H groups in total. The Morgan fingerprint density at radius 2 is 1.61 bits per heavy atom. The quantitative estimate of drug-likeness (QED) is 0.437. The zero-order valence-electron chi connectivity index (χ0n) is 21.0. The lowest BCUT2D eigenvalue weighted by Gasteiger charge is -2.32. The molecular weight excluding hydrogens is 523 g/mol. The Hall–Kier alpha value is -3.10. The van der Waals surface area contributed by atoms with Crippen molar-refractivity contribution in [1.82, 2.24) is 10.2 Å². The number of hydrogen-bond donors (Lipinski definition) is 2. The summed E-state index contributed by atoms with van der Waals surface area (Å²) in [4.78, 5) is 30.9. The number of morpholine rings is 1. The predicted molar refractivity (Wildman–Crippen MR) is 152 cm³/mol. The van der Waals surface area contributed by atoms with Gasteiger partial charge in [-0.05, 0) is 53.9 Å². The number of rotatable bonds is 7. The maximum Gasteiger partial charge on any atom is 0.255 e. The number of halogens is 2. The van der Waals surface area contributed by atoms with E-state index in [0.717, 1.165) is 44.8 Å². The van der Waals surface area contributed by atoms with Crippen molar-refractivity contribution in [1.29, 1.82) is 0 Å². The summed E-state index contributed by atoms with van der Waals surface area (Å²) in [6, 6.07) is 18.6. The molecule has 2 aliphatic rings. The maximum atomic E-state index is 13.5. The van der Waals surface area contributed by atoms with Gasteiger partial charge in [-0.2, -0.15) is 0 Å². The third-order valence-electron chi connectivity index (χ3n) is 6.91. The summed E-state index contributed by atoms with van der Waals surface area (Å²) in [6.07, 6.45) is 0.905. The van der Waals surface area contributed by atoms with Crippen LogP contribution in [-0.2, 0) is 17.7 Å². The first-order valence-corrected chi connectivity index (χ1v) is 13.5. The zero-order valence-corrected chi connectivity index (χ0v) is 22.5. The molecule has 1 saturated heterocycles. The minimum atomic E-state index is -0.354. The van der Waals surface area contributed by atoms with Crippen LogP contribution >= 0.6 is 23.2 Å². The summed E-state index contributed by atoms with van der Waals surface area (Å²) in [5.74, 6) is -0.526. The Morgan fingerprint density at radius 3 is 2.37 bits per heavy atom. The molecule has 0 radical (unpaired) electrons. The Morgan fingerprint density at radius 1 is 0.868 bits per heavy atom. The van der Waals surface area contributed by atoms with Crippen molar-refractivity contribution in [2.24, 2.45) is 0 Å². The molecule has 3 aromatic rings. The average molecular weight is 553 g/mol. The Balaban J connectivity index is 1.36. The molecule has 38 heavy (non-hydrogen) atoms. The molecule has 0 unspecified atom stereocenters. The molecule has 1 fully saturated rings. The molecule has 0 aromatic heterocycles. The van der Waals surface area contributed by atoms with Crippen LogP contribution in [0.2, 0.25) is 10.0 Å². The standard InChI is InChI=1S/C29H30Cl2N4O3/c30-23-15-22(16-24(31)17-23)28(36)33-25-5-6-27(35-9-7-20-3-1-2-4-21(20)19-35)26(18-25)29(37)32-8-10-34-11-13-38-14-12-34/h1-6,15-18H,7-14,19H2,(H,32,37)(H,33,36). The van der Waals surface area contributed by atoms with Gasteiger partial charge in [0.1, 0.15) is 0 Å². The highest BCUT2D eigenvalue weighted by Gasteiger charge is 2.22. The molecule has 9 heteroatoms. The van der Waals surface area contributed by atoms with Crippen molar-refractivity contribution in [2.75, 3.05) is 56.2 Å². The first-order chi connectivity index (χ1) is 18.5. The molecule has 2 heterocycles. The van der Waals surface area contributed by atoms with E-state index in [2.05, 4.69) is 38.6 Å². The molecule has 0 bridgehead atoms. The zero-order chi connectivity index (χ0) is 26.5. The van der Waals surface area contributed by atoms with Crippen molar-refractivity contribution < 1.29 is 14.3 Å². The molecule has 0 spiro atoms. The maximum absolute atomic E-state index is 13.5. The lowest BCUT2D eigenvalue weighted by Crippen LogP contribution is -2.41. The minimum Gasteiger partial charge on any atom is -0.379 e. The number of nitrogens with one attached hydrogen (secondary N) is 2. The van der Waals surface area contributed by atoms with Crippen molar-refractivity contribution in [2.45, 2.75) is 13.0 Å². The largest absolute Gasteiger partial charge is 0.379 e. The lowest BCUT2D eigenvalue weighted by atomic mass is 9.98. The average Bonchev–Trinajstić information content (AvgIpc) is 2.92. The van der Waals surface area contributed by atoms with E-state index >= 15 is 0 Å². The minimum absolute atomic E-state index is 0.172. The van der Waals surface area contributed by atoms with Gasteiger partial charge in [0.2, 0.25) is 0 Å². The SMILES string of the molecule is O=C(Nc1ccc(N2CCc3ccccc3C2)c(C(=O)NCCN2CCOCC2)c1)c1cc(Cl)cc(Cl)c1. The lowest BCUT2D eigenvalue weighted by molar-refractivity contribution is 0.0383. The summed E-state index contributed by atoms with van der Waals surface area (Å²) < 4.78 is 5.41. The molecule has 2 amide bonds. The van der Waals surface area contributed by atoms with Crippen LogP contribution in [0.3, 0.4) is 0 Å². The van der Waals surface area contributed by atoms with Gasteiger partial charge in [-0.25, -0.2) is 0 Å². The van der Waals surface area contributed by atoms with Crippen molar-refractivity contribution in [3.63, 3.8) is 0 Å². The number of hydrogen-bond acceptors (Lipinski definition) is 5. The van der Waals surface area contributed by atoms with Crippen molar-refractivity contribution >= 4 is 46.4 Å². The van der Waals surface area contributed by atoms with Crippen LogP contribution < -0.4 is 15.5 Å². The molecule has 7 nitrogen and oxygen atoms in total. The van der Waals surface area contributed by atoms with Crippen LogP contribution in [0.4, 0.5) is 11.4 Å². The van der Waals surface area contributed by atoms with Crippen LogP contribution in [0, 0.1) is 0 Å². The molecule has 198 valence electrons. The number of fused-ring (bicyclic) bond motifs is 1. The van der Waals surface area contributed by atoms with Crippen molar-refractivity contribution in [3.8, 4) is 0 Å². The van der Waals surface area contributed by atoms with Gasteiger partial charge in [0.05, 0.1) is 18.8 Å². The van der Waals surface area contributed by atoms with Gasteiger partial charge in [0.15, 0.2) is 0 Å². The van der Waals surface area contributed by atoms with Gasteiger partial charge in [-0.3, -0.25) is 14.5 Å². The second-order valence-corrected chi connectivity index (χ2v) is 10.4. The van der Waals surface area contributed by atoms with Crippen LogP contribution in [0.15, 0.2) is 60.7 Å². The Kier molecular flexibility index (Phi) is 8.49. The molecular formula is C29H30Cl2N4O3. The van der Waals surface area contributed by atoms with Crippen LogP contribution in [0.5, 0.6) is 0 Å². The van der Waals surface area contributed by atoms with Gasteiger partial charge in [-0.15, -0.1) is 0 Å². The Bertz CT molecular complexity index is 1310. The molecule has 0 atom stereocenters. The van der Waals surface area contributed by atoms with E-state index in [0.29, 0.717) is 46.6 Å². The number of ether oxygens (including phenoxy) is 1. The van der Waals surface area contributed by atoms with E-state index < -0.39 is 0 Å². The summed E-state index contributed by atoms with van der Waals surface area (Å²) in [5, 5.41) is 6.72. The Labute approximate surface area is 232 Å². The van der Waals surface area contributed by atoms with Gasteiger partial charge < -0.3 is 20.3 Å². The summed E-state index contributed by atoms with van der Waals surface area (Å²) in [7, 11) is 0. The third-order valence-corrected chi connectivity index (χ3v) is 7.35. The molecule has 0 saturated carbocycles. The van der Waals surface area contributed by atoms with Crippen molar-refractivity contribution in [3.05, 3.63) is 93.0 Å². The van der Waals surface area contributed by atoms with Crippen LogP contribution in [0.25, 0.3) is 0 Å². The summed E-state index contributed by atoms with van der Waals surface area (Å²) in [6.45, 7) is 5.97. The number of anilines is 2. The van der Waals surface area contributed by atoms with E-state index in [1.807, 2.05) is 18.2 Å². The third kappa shape index (κ3) is 6.48. The second kappa shape index (κ2) is 12.2. The number of amides is 2. The fourth-order valence-corrected chi connectivity index (χ4v) is 5.43. The predicted octanol–water partition coefficient (Wildman–Crippen LogP) is 4.87. The van der Waals surface area contributed by atoms with Gasteiger partial charge >= 0.3 is 0 Å². The van der Waals surface area contributed by atoms with Crippen LogP contribution in [0.1, 0.15) is 31.8 Å². The summed E-state index contributed by atoms with van der Waals surface area (Å²) in [5.41, 5.74) is 4.82. The normalized spacial score (nSPS) is 15.6. The van der Waals surface area contributed by atoms with E-state index in [-0.39, 0.29) is 11.8 Å². The highest BCUT2D eigenvalue weighted by atomic mass is 35.5. The highest BCUT2D eigenvalue weighted by molar-refractivity contribution is 6.35. The van der Waals surface area contributed by atoms with Gasteiger partial charge in [-0.1, -0.05) is 47.5 Å². The number of carbonyl (C=O) groups excluding carboxylic acids is 2. The van der Waals surface area contributed by atoms with E-state index in [4.69, 9.17) is 27.9 Å². The highest BCUT2D eigenvalue weighted by Crippen LogP contribution is 2.30. The fourth-order valence-electron chi connectivity index (χ4n) is 4.91. The fraction of sp³-hybridized carbons (Fsp3) is 0.310. The summed E-state index contributed by atoms with van der Waals surface area (Å²) >= 11 is 12.2.